The topological polar surface area (TPSA) is 98.1 Å². The number of carbonyl (C=O) groups excluding carboxylic acids is 1. The first-order valence-corrected chi connectivity index (χ1v) is 7.19. The summed E-state index contributed by atoms with van der Waals surface area (Å²) in [5.41, 5.74) is 11.9. The summed E-state index contributed by atoms with van der Waals surface area (Å²) in [6.45, 7) is 3.37. The number of hydrogen-bond donors (Lipinski definition) is 2. The van der Waals surface area contributed by atoms with Crippen LogP contribution in [-0.2, 0) is 11.2 Å². The molecule has 0 aliphatic carbocycles. The fraction of sp³-hybridized carbons (Fsp3) is 0.643. The fourth-order valence-corrected chi connectivity index (χ4v) is 2.78. The Balaban J connectivity index is 2.24. The van der Waals surface area contributed by atoms with Crippen molar-refractivity contribution in [1.82, 2.24) is 9.97 Å². The highest BCUT2D eigenvalue weighted by atomic mass is 16.1. The zero-order valence-corrected chi connectivity index (χ0v) is 12.0. The second-order valence-electron chi connectivity index (χ2n) is 5.32. The van der Waals surface area contributed by atoms with Gasteiger partial charge in [0.15, 0.2) is 0 Å². The normalized spacial score (nSPS) is 19.1. The number of nitrogens with zero attached hydrogens (tertiary/aromatic N) is 3. The lowest BCUT2D eigenvalue weighted by Crippen LogP contribution is -2.42. The zero-order valence-electron chi connectivity index (χ0n) is 12.0. The molecule has 6 nitrogen and oxygen atoms in total. The van der Waals surface area contributed by atoms with Crippen LogP contribution in [0.25, 0.3) is 0 Å². The van der Waals surface area contributed by atoms with E-state index < -0.39 is 0 Å². The minimum atomic E-state index is -0.255. The molecule has 110 valence electrons. The van der Waals surface area contributed by atoms with E-state index in [1.807, 2.05) is 13.0 Å². The molecule has 1 amide bonds. The van der Waals surface area contributed by atoms with E-state index in [1.165, 1.54) is 0 Å². The number of piperidine rings is 1. The summed E-state index contributed by atoms with van der Waals surface area (Å²) < 4.78 is 0. The molecule has 1 aromatic heterocycles. The van der Waals surface area contributed by atoms with Crippen LogP contribution in [0.4, 0.5) is 5.82 Å². The Morgan fingerprint density at radius 1 is 1.45 bits per heavy atom. The van der Waals surface area contributed by atoms with Crippen molar-refractivity contribution in [2.75, 3.05) is 18.0 Å². The van der Waals surface area contributed by atoms with E-state index in [0.29, 0.717) is 13.0 Å². The van der Waals surface area contributed by atoms with E-state index in [1.54, 1.807) is 0 Å². The van der Waals surface area contributed by atoms with Crippen molar-refractivity contribution >= 4 is 11.7 Å². The summed E-state index contributed by atoms with van der Waals surface area (Å²) in [7, 11) is 0. The van der Waals surface area contributed by atoms with E-state index >= 15 is 0 Å². The summed E-state index contributed by atoms with van der Waals surface area (Å²) in [6, 6.07) is 2.14. The molecular weight excluding hydrogens is 254 g/mol. The Morgan fingerprint density at radius 3 is 2.95 bits per heavy atom. The fourth-order valence-electron chi connectivity index (χ4n) is 2.78. The lowest BCUT2D eigenvalue weighted by molar-refractivity contribution is -0.118. The number of hydrogen-bond acceptors (Lipinski definition) is 5. The highest BCUT2D eigenvalue weighted by Gasteiger charge is 2.25. The predicted molar refractivity (Wildman–Crippen MR) is 78.3 cm³/mol. The SMILES string of the molecule is Cc1nc(CCN)cc(N2CCCC[C@@H]2CC(N)=O)n1. The number of carbonyl (C=O) groups is 1. The van der Waals surface area contributed by atoms with Gasteiger partial charge in [-0.15, -0.1) is 0 Å². The summed E-state index contributed by atoms with van der Waals surface area (Å²) in [4.78, 5) is 22.3. The molecule has 0 bridgehead atoms. The molecule has 1 aromatic rings. The molecule has 1 atom stereocenters. The third kappa shape index (κ3) is 3.66. The second-order valence-corrected chi connectivity index (χ2v) is 5.32. The van der Waals surface area contributed by atoms with Gasteiger partial charge in [0.25, 0.3) is 0 Å². The van der Waals surface area contributed by atoms with Gasteiger partial charge in [0.2, 0.25) is 5.91 Å². The second kappa shape index (κ2) is 6.65. The van der Waals surface area contributed by atoms with Crippen LogP contribution >= 0.6 is 0 Å². The molecule has 1 saturated heterocycles. The molecule has 1 aliphatic rings. The van der Waals surface area contributed by atoms with E-state index in [9.17, 15) is 4.79 Å². The van der Waals surface area contributed by atoms with Gasteiger partial charge in [-0.25, -0.2) is 9.97 Å². The van der Waals surface area contributed by atoms with Crippen LogP contribution in [-0.4, -0.2) is 35.0 Å². The Labute approximate surface area is 119 Å². The van der Waals surface area contributed by atoms with Crippen LogP contribution in [0.15, 0.2) is 6.07 Å². The maximum atomic E-state index is 11.2. The van der Waals surface area contributed by atoms with Crippen molar-refractivity contribution in [1.29, 1.82) is 0 Å². The molecule has 1 aliphatic heterocycles. The van der Waals surface area contributed by atoms with Gasteiger partial charge in [-0.1, -0.05) is 0 Å². The predicted octanol–water partition coefficient (Wildman–Crippen LogP) is 0.521. The van der Waals surface area contributed by atoms with E-state index in [-0.39, 0.29) is 11.9 Å². The monoisotopic (exact) mass is 277 g/mol. The molecule has 6 heteroatoms. The number of aromatic nitrogens is 2. The van der Waals surface area contributed by atoms with E-state index in [4.69, 9.17) is 11.5 Å². The lowest BCUT2D eigenvalue weighted by atomic mass is 9.99. The number of aryl methyl sites for hydroxylation is 1. The van der Waals surface area contributed by atoms with Crippen LogP contribution in [0.5, 0.6) is 0 Å². The van der Waals surface area contributed by atoms with Gasteiger partial charge in [0.1, 0.15) is 11.6 Å². The summed E-state index contributed by atoms with van der Waals surface area (Å²) in [5, 5.41) is 0. The largest absolute Gasteiger partial charge is 0.370 e. The van der Waals surface area contributed by atoms with Gasteiger partial charge in [-0.05, 0) is 32.7 Å². The van der Waals surface area contributed by atoms with Gasteiger partial charge in [0, 0.05) is 37.2 Å². The third-order valence-corrected chi connectivity index (χ3v) is 3.64. The van der Waals surface area contributed by atoms with Crippen LogP contribution in [0.1, 0.15) is 37.2 Å². The Hall–Kier alpha value is -1.69. The number of amides is 1. The van der Waals surface area contributed by atoms with Crippen LogP contribution < -0.4 is 16.4 Å². The molecule has 20 heavy (non-hydrogen) atoms. The van der Waals surface area contributed by atoms with Gasteiger partial charge < -0.3 is 16.4 Å². The molecule has 1 fully saturated rings. The van der Waals surface area contributed by atoms with Gasteiger partial charge >= 0.3 is 0 Å². The number of rotatable bonds is 5. The maximum absolute atomic E-state index is 11.2. The molecule has 0 aromatic carbocycles. The van der Waals surface area contributed by atoms with E-state index in [0.717, 1.165) is 49.6 Å². The first-order chi connectivity index (χ1) is 9.60. The minimum absolute atomic E-state index is 0.154. The van der Waals surface area contributed by atoms with Crippen molar-refractivity contribution in [3.63, 3.8) is 0 Å². The van der Waals surface area contributed by atoms with Crippen LogP contribution in [0.2, 0.25) is 0 Å². The Morgan fingerprint density at radius 2 is 2.25 bits per heavy atom. The molecule has 0 unspecified atom stereocenters. The van der Waals surface area contributed by atoms with Crippen molar-refractivity contribution in [2.24, 2.45) is 11.5 Å². The Kier molecular flexibility index (Phi) is 4.89. The number of anilines is 1. The molecule has 4 N–H and O–H groups in total. The molecule has 0 radical (unpaired) electrons. The average Bonchev–Trinajstić information content (AvgIpc) is 2.38. The minimum Gasteiger partial charge on any atom is -0.370 e. The summed E-state index contributed by atoms with van der Waals surface area (Å²) in [5.74, 6) is 1.39. The lowest BCUT2D eigenvalue weighted by Gasteiger charge is -2.36. The molecule has 0 saturated carbocycles. The van der Waals surface area contributed by atoms with Crippen LogP contribution in [0.3, 0.4) is 0 Å². The summed E-state index contributed by atoms with van der Waals surface area (Å²) >= 11 is 0. The highest BCUT2D eigenvalue weighted by molar-refractivity contribution is 5.75. The smallest absolute Gasteiger partial charge is 0.219 e. The highest BCUT2D eigenvalue weighted by Crippen LogP contribution is 2.25. The van der Waals surface area contributed by atoms with E-state index in [2.05, 4.69) is 14.9 Å². The quantitative estimate of drug-likeness (QED) is 0.817. The molecule has 0 spiro atoms. The van der Waals surface area contributed by atoms with Crippen molar-refractivity contribution in [2.45, 2.75) is 45.1 Å². The van der Waals surface area contributed by atoms with Gasteiger partial charge in [0.05, 0.1) is 0 Å². The average molecular weight is 277 g/mol. The molecule has 2 rings (SSSR count). The van der Waals surface area contributed by atoms with Crippen LogP contribution in [0, 0.1) is 6.92 Å². The zero-order chi connectivity index (χ0) is 14.5. The Bertz CT molecular complexity index is 477. The number of primary amides is 1. The van der Waals surface area contributed by atoms with Crippen molar-refractivity contribution < 1.29 is 4.79 Å². The maximum Gasteiger partial charge on any atom is 0.219 e. The first-order valence-electron chi connectivity index (χ1n) is 7.19. The summed E-state index contributed by atoms with van der Waals surface area (Å²) in [6.07, 6.45) is 4.36. The molecule has 2 heterocycles. The van der Waals surface area contributed by atoms with Gasteiger partial charge in [-0.3, -0.25) is 4.79 Å². The number of nitrogens with two attached hydrogens (primary N) is 2. The van der Waals surface area contributed by atoms with Crippen molar-refractivity contribution in [3.8, 4) is 0 Å². The third-order valence-electron chi connectivity index (χ3n) is 3.64. The van der Waals surface area contributed by atoms with Crippen molar-refractivity contribution in [3.05, 3.63) is 17.6 Å². The molecular formula is C14H23N5O. The van der Waals surface area contributed by atoms with Gasteiger partial charge in [-0.2, -0.15) is 0 Å². The standard InChI is InChI=1S/C14H23N5O/c1-10-17-11(5-6-15)8-14(18-10)19-7-3-2-4-12(19)9-13(16)20/h8,12H,2-7,9,15H2,1H3,(H2,16,20)/t12-/m1/s1. The first kappa shape index (κ1) is 14.7.